The molecule has 0 aliphatic heterocycles. The van der Waals surface area contributed by atoms with Crippen molar-refractivity contribution in [3.8, 4) is 5.75 Å². The molecule has 1 nitrogen and oxygen atoms in total. The number of rotatable bonds is 5. The van der Waals surface area contributed by atoms with Crippen LogP contribution in [0.5, 0.6) is 5.75 Å². The highest BCUT2D eigenvalue weighted by molar-refractivity contribution is 5.70. The minimum atomic E-state index is 0.718. The Kier molecular flexibility index (Phi) is 4.85. The third kappa shape index (κ3) is 3.34. The Morgan fingerprint density at radius 2 is 1.70 bits per heavy atom. The Balaban J connectivity index is 1.79. The van der Waals surface area contributed by atoms with E-state index in [1.54, 1.807) is 0 Å². The van der Waals surface area contributed by atoms with E-state index < -0.39 is 0 Å². The molecule has 0 unspecified atom stereocenters. The summed E-state index contributed by atoms with van der Waals surface area (Å²) in [5, 5.41) is 0. The van der Waals surface area contributed by atoms with Crippen LogP contribution in [-0.4, -0.2) is 6.61 Å². The molecule has 120 valence electrons. The average molecular weight is 306 g/mol. The smallest absolute Gasteiger partial charge is 0.122 e. The van der Waals surface area contributed by atoms with Crippen LogP contribution in [0.25, 0.3) is 5.57 Å². The Hall–Kier alpha value is -2.02. The minimum absolute atomic E-state index is 0.718. The molecule has 0 saturated carbocycles. The first kappa shape index (κ1) is 15.9. The molecular weight excluding hydrogens is 280 g/mol. The topological polar surface area (TPSA) is 9.23 Å². The van der Waals surface area contributed by atoms with Gasteiger partial charge < -0.3 is 4.74 Å². The van der Waals surface area contributed by atoms with E-state index in [-0.39, 0.29) is 0 Å². The monoisotopic (exact) mass is 306 g/mol. The van der Waals surface area contributed by atoms with Gasteiger partial charge in [-0.15, -0.1) is 0 Å². The van der Waals surface area contributed by atoms with E-state index >= 15 is 0 Å². The van der Waals surface area contributed by atoms with Gasteiger partial charge in [-0.25, -0.2) is 0 Å². The first-order valence-electron chi connectivity index (χ1n) is 8.69. The molecule has 2 aromatic carbocycles. The lowest BCUT2D eigenvalue weighted by molar-refractivity contribution is 0.346. The van der Waals surface area contributed by atoms with Crippen molar-refractivity contribution in [2.45, 2.75) is 46.5 Å². The summed E-state index contributed by atoms with van der Waals surface area (Å²) in [5.41, 5.74) is 8.38. The van der Waals surface area contributed by atoms with Gasteiger partial charge in [-0.05, 0) is 79.0 Å². The van der Waals surface area contributed by atoms with Crippen LogP contribution < -0.4 is 4.74 Å². The molecule has 0 aromatic heterocycles. The molecule has 23 heavy (non-hydrogen) atoms. The Morgan fingerprint density at radius 1 is 0.913 bits per heavy atom. The van der Waals surface area contributed by atoms with Gasteiger partial charge in [0, 0.05) is 0 Å². The highest BCUT2D eigenvalue weighted by atomic mass is 16.5. The van der Waals surface area contributed by atoms with Crippen molar-refractivity contribution >= 4 is 5.57 Å². The second-order valence-electron chi connectivity index (χ2n) is 6.42. The summed E-state index contributed by atoms with van der Waals surface area (Å²) < 4.78 is 6.19. The summed E-state index contributed by atoms with van der Waals surface area (Å²) in [6, 6.07) is 15.1. The number of hydrogen-bond donors (Lipinski definition) is 0. The molecule has 0 spiro atoms. The van der Waals surface area contributed by atoms with Crippen molar-refractivity contribution < 1.29 is 4.74 Å². The second kappa shape index (κ2) is 7.04. The van der Waals surface area contributed by atoms with Gasteiger partial charge in [0.2, 0.25) is 0 Å². The molecule has 0 bridgehead atoms. The van der Waals surface area contributed by atoms with Crippen LogP contribution in [0.4, 0.5) is 0 Å². The third-order valence-electron chi connectivity index (χ3n) is 5.09. The van der Waals surface area contributed by atoms with E-state index in [1.165, 1.54) is 46.2 Å². The first-order valence-corrected chi connectivity index (χ1v) is 8.69. The number of aryl methyl sites for hydroxylation is 1. The summed E-state index contributed by atoms with van der Waals surface area (Å²) in [7, 11) is 0. The van der Waals surface area contributed by atoms with Gasteiger partial charge in [-0.2, -0.15) is 0 Å². The lowest BCUT2D eigenvalue weighted by atomic mass is 10.0. The lowest BCUT2D eigenvalue weighted by Gasteiger charge is -2.15. The Morgan fingerprint density at radius 3 is 2.43 bits per heavy atom. The van der Waals surface area contributed by atoms with Crippen LogP contribution in [0.2, 0.25) is 0 Å². The second-order valence-corrected chi connectivity index (χ2v) is 6.42. The van der Waals surface area contributed by atoms with E-state index in [9.17, 15) is 0 Å². The number of benzene rings is 2. The van der Waals surface area contributed by atoms with Crippen molar-refractivity contribution in [3.63, 3.8) is 0 Å². The van der Waals surface area contributed by atoms with Gasteiger partial charge in [0.25, 0.3) is 0 Å². The molecule has 0 saturated heterocycles. The van der Waals surface area contributed by atoms with Gasteiger partial charge in [0.1, 0.15) is 12.4 Å². The van der Waals surface area contributed by atoms with Gasteiger partial charge in [0.15, 0.2) is 0 Å². The fourth-order valence-corrected chi connectivity index (χ4v) is 3.51. The SMILES string of the molecule is CCc1ccc(OCC2=C(c3ccccc3)CCC2)c(C)c1C. The predicted molar refractivity (Wildman–Crippen MR) is 98.0 cm³/mol. The van der Waals surface area contributed by atoms with E-state index in [2.05, 4.69) is 63.2 Å². The maximum absolute atomic E-state index is 6.19. The van der Waals surface area contributed by atoms with Crippen LogP contribution in [-0.2, 0) is 6.42 Å². The van der Waals surface area contributed by atoms with E-state index in [4.69, 9.17) is 4.74 Å². The standard InChI is InChI=1S/C22H26O/c1-4-18-13-14-22(17(3)16(18)2)23-15-20-11-8-12-21(20)19-9-6-5-7-10-19/h5-7,9-10,13-14H,4,8,11-12,15H2,1-3H3. The zero-order chi connectivity index (χ0) is 16.2. The maximum Gasteiger partial charge on any atom is 0.122 e. The normalized spacial score (nSPS) is 14.4. The van der Waals surface area contributed by atoms with Crippen molar-refractivity contribution in [1.82, 2.24) is 0 Å². The minimum Gasteiger partial charge on any atom is -0.489 e. The molecule has 0 heterocycles. The number of ether oxygens (including phenoxy) is 1. The zero-order valence-electron chi connectivity index (χ0n) is 14.5. The molecule has 1 aliphatic rings. The highest BCUT2D eigenvalue weighted by Gasteiger charge is 2.17. The highest BCUT2D eigenvalue weighted by Crippen LogP contribution is 2.34. The Bertz CT molecular complexity index is 710. The summed E-state index contributed by atoms with van der Waals surface area (Å²) >= 11 is 0. The summed E-state index contributed by atoms with van der Waals surface area (Å²) in [4.78, 5) is 0. The third-order valence-corrected chi connectivity index (χ3v) is 5.09. The fourth-order valence-electron chi connectivity index (χ4n) is 3.51. The molecule has 0 N–H and O–H groups in total. The van der Waals surface area contributed by atoms with E-state index in [1.807, 2.05) is 0 Å². The molecule has 3 rings (SSSR count). The van der Waals surface area contributed by atoms with Crippen molar-refractivity contribution in [3.05, 3.63) is 70.3 Å². The molecule has 0 amide bonds. The van der Waals surface area contributed by atoms with Gasteiger partial charge in [0.05, 0.1) is 0 Å². The molecule has 0 radical (unpaired) electrons. The predicted octanol–water partition coefficient (Wildman–Crippen LogP) is 5.88. The summed E-state index contributed by atoms with van der Waals surface area (Å²) in [5.74, 6) is 1.03. The van der Waals surface area contributed by atoms with Gasteiger partial charge in [-0.3, -0.25) is 0 Å². The van der Waals surface area contributed by atoms with Gasteiger partial charge >= 0.3 is 0 Å². The van der Waals surface area contributed by atoms with Crippen LogP contribution in [0.15, 0.2) is 48.0 Å². The molecule has 2 aromatic rings. The van der Waals surface area contributed by atoms with Gasteiger partial charge in [-0.1, -0.05) is 43.3 Å². The van der Waals surface area contributed by atoms with Crippen LogP contribution in [0, 0.1) is 13.8 Å². The average Bonchev–Trinajstić information content (AvgIpc) is 3.05. The van der Waals surface area contributed by atoms with Crippen LogP contribution in [0.3, 0.4) is 0 Å². The lowest BCUT2D eigenvalue weighted by Crippen LogP contribution is -2.04. The number of allylic oxidation sites excluding steroid dienone is 1. The van der Waals surface area contributed by atoms with Crippen LogP contribution >= 0.6 is 0 Å². The quantitative estimate of drug-likeness (QED) is 0.670. The van der Waals surface area contributed by atoms with Crippen molar-refractivity contribution in [2.75, 3.05) is 6.61 Å². The summed E-state index contributed by atoms with van der Waals surface area (Å²) in [6.45, 7) is 7.30. The Labute approximate surface area is 140 Å². The van der Waals surface area contributed by atoms with Crippen LogP contribution in [0.1, 0.15) is 48.4 Å². The summed E-state index contributed by atoms with van der Waals surface area (Å²) in [6.07, 6.45) is 4.66. The molecule has 1 heteroatoms. The van der Waals surface area contributed by atoms with E-state index in [0.717, 1.165) is 25.2 Å². The van der Waals surface area contributed by atoms with Crippen molar-refractivity contribution in [2.24, 2.45) is 0 Å². The molecule has 0 atom stereocenters. The number of hydrogen-bond acceptors (Lipinski definition) is 1. The molecule has 1 aliphatic carbocycles. The van der Waals surface area contributed by atoms with E-state index in [0.29, 0.717) is 0 Å². The maximum atomic E-state index is 6.19. The first-order chi connectivity index (χ1) is 11.2. The largest absolute Gasteiger partial charge is 0.489 e. The zero-order valence-corrected chi connectivity index (χ0v) is 14.5. The molecule has 0 fully saturated rings. The molecular formula is C22H26O. The van der Waals surface area contributed by atoms with Crippen molar-refractivity contribution in [1.29, 1.82) is 0 Å². The fraction of sp³-hybridized carbons (Fsp3) is 0.364.